The minimum atomic E-state index is -1.03. The molecule has 194 valence electrons. The van der Waals surface area contributed by atoms with Crippen LogP contribution >= 0.6 is 0 Å². The summed E-state index contributed by atoms with van der Waals surface area (Å²) in [5, 5.41) is 0. The average molecular weight is 519 g/mol. The molecule has 7 nitrogen and oxygen atoms in total. The minimum absolute atomic E-state index is 0.202. The van der Waals surface area contributed by atoms with E-state index in [1.807, 2.05) is 60.7 Å². The molecular weight excluding hydrogens is 492 g/mol. The third-order valence-corrected chi connectivity index (χ3v) is 6.53. The van der Waals surface area contributed by atoms with Gasteiger partial charge in [0.15, 0.2) is 6.10 Å². The molecule has 0 spiro atoms. The Morgan fingerprint density at radius 1 is 0.692 bits per heavy atom. The maximum Gasteiger partial charge on any atom is 0.338 e. The predicted molar refractivity (Wildman–Crippen MR) is 146 cm³/mol. The molecular formula is C32H26N2O5. The zero-order valence-corrected chi connectivity index (χ0v) is 21.3. The van der Waals surface area contributed by atoms with Crippen LogP contribution < -0.4 is 4.90 Å². The summed E-state index contributed by atoms with van der Waals surface area (Å²) in [4.78, 5) is 54.5. The molecule has 1 aliphatic heterocycles. The summed E-state index contributed by atoms with van der Waals surface area (Å²) in [6, 6.07) is 31.9. The molecule has 0 unspecified atom stereocenters. The third kappa shape index (κ3) is 5.48. The molecule has 0 aliphatic carbocycles. The Bertz CT molecular complexity index is 1440. The largest absolute Gasteiger partial charge is 0.449 e. The van der Waals surface area contributed by atoms with Crippen molar-refractivity contribution in [2.24, 2.45) is 0 Å². The number of carbonyl (C=O) groups is 4. The number of hydrogen-bond acceptors (Lipinski definition) is 5. The Morgan fingerprint density at radius 2 is 1.15 bits per heavy atom. The zero-order chi connectivity index (χ0) is 27.4. The first kappa shape index (κ1) is 25.6. The molecule has 0 saturated carbocycles. The number of amides is 3. The summed E-state index contributed by atoms with van der Waals surface area (Å²) >= 11 is 0. The van der Waals surface area contributed by atoms with Crippen LogP contribution in [0.15, 0.2) is 109 Å². The quantitative estimate of drug-likeness (QED) is 0.235. The summed E-state index contributed by atoms with van der Waals surface area (Å²) in [5.74, 6) is -1.83. The van der Waals surface area contributed by atoms with E-state index in [1.54, 1.807) is 36.1 Å². The number of benzene rings is 4. The molecule has 5 rings (SSSR count). The fourth-order valence-electron chi connectivity index (χ4n) is 4.53. The zero-order valence-electron chi connectivity index (χ0n) is 21.3. The smallest absolute Gasteiger partial charge is 0.338 e. The molecule has 1 atom stereocenters. The molecule has 3 amide bonds. The van der Waals surface area contributed by atoms with E-state index in [0.717, 1.165) is 16.0 Å². The van der Waals surface area contributed by atoms with Gasteiger partial charge in [-0.2, -0.15) is 0 Å². The maximum atomic E-state index is 13.4. The number of ether oxygens (including phenoxy) is 1. The van der Waals surface area contributed by atoms with Gasteiger partial charge in [-0.3, -0.25) is 14.4 Å². The lowest BCUT2D eigenvalue weighted by Gasteiger charge is -2.26. The summed E-state index contributed by atoms with van der Waals surface area (Å²) in [5.41, 5.74) is 3.15. The van der Waals surface area contributed by atoms with Gasteiger partial charge in [0.05, 0.1) is 22.4 Å². The molecule has 0 aromatic heterocycles. The van der Waals surface area contributed by atoms with Gasteiger partial charge in [-0.05, 0) is 54.4 Å². The van der Waals surface area contributed by atoms with Crippen molar-refractivity contribution in [3.63, 3.8) is 0 Å². The first-order valence-corrected chi connectivity index (χ1v) is 12.6. The Kier molecular flexibility index (Phi) is 7.32. The van der Waals surface area contributed by atoms with Crippen molar-refractivity contribution >= 4 is 29.4 Å². The van der Waals surface area contributed by atoms with Crippen LogP contribution in [-0.2, 0) is 22.6 Å². The molecule has 4 aromatic carbocycles. The van der Waals surface area contributed by atoms with Gasteiger partial charge < -0.3 is 9.64 Å². The summed E-state index contributed by atoms with van der Waals surface area (Å²) in [7, 11) is 0. The summed E-state index contributed by atoms with van der Waals surface area (Å²) in [6.45, 7) is 2.28. The highest BCUT2D eigenvalue weighted by Crippen LogP contribution is 2.28. The van der Waals surface area contributed by atoms with E-state index in [4.69, 9.17) is 4.74 Å². The second kappa shape index (κ2) is 11.1. The van der Waals surface area contributed by atoms with Crippen molar-refractivity contribution in [3.05, 3.63) is 137 Å². The second-order valence-corrected chi connectivity index (χ2v) is 9.25. The highest BCUT2D eigenvalue weighted by atomic mass is 16.5. The fourth-order valence-corrected chi connectivity index (χ4v) is 4.53. The highest BCUT2D eigenvalue weighted by molar-refractivity contribution is 6.34. The van der Waals surface area contributed by atoms with E-state index in [0.29, 0.717) is 29.9 Å². The third-order valence-electron chi connectivity index (χ3n) is 6.53. The first-order chi connectivity index (χ1) is 18.9. The maximum absolute atomic E-state index is 13.4. The van der Waals surface area contributed by atoms with Crippen molar-refractivity contribution in [3.8, 4) is 0 Å². The number of imide groups is 1. The van der Waals surface area contributed by atoms with Gasteiger partial charge in [-0.1, -0.05) is 72.8 Å². The first-order valence-electron chi connectivity index (χ1n) is 12.6. The van der Waals surface area contributed by atoms with Crippen LogP contribution in [0, 0.1) is 0 Å². The molecule has 4 aromatic rings. The van der Waals surface area contributed by atoms with Crippen LogP contribution in [-0.4, -0.2) is 34.7 Å². The van der Waals surface area contributed by atoms with Crippen LogP contribution in [0.1, 0.15) is 49.1 Å². The van der Waals surface area contributed by atoms with E-state index < -0.39 is 23.9 Å². The van der Waals surface area contributed by atoms with Crippen LogP contribution in [0.25, 0.3) is 0 Å². The molecule has 7 heteroatoms. The average Bonchev–Trinajstić information content (AvgIpc) is 3.23. The Labute approximate surface area is 226 Å². The molecule has 0 N–H and O–H groups in total. The molecule has 0 bridgehead atoms. The molecule has 1 heterocycles. The number of nitrogens with zero attached hydrogens (tertiary/aromatic N) is 2. The topological polar surface area (TPSA) is 84.0 Å². The van der Waals surface area contributed by atoms with E-state index in [1.165, 1.54) is 24.3 Å². The number of hydrogen-bond donors (Lipinski definition) is 0. The standard InChI is InChI=1S/C32H26N2O5/c1-22(29(35)33(20-23-10-4-2-5-11-23)21-24-12-6-3-7-13-24)39-32(38)25-16-18-26(19-17-25)34-30(36)27-14-8-9-15-28(27)31(34)37/h2-19,22H,20-21H2,1H3/t22-/m1/s1. The van der Waals surface area contributed by atoms with Crippen molar-refractivity contribution in [2.45, 2.75) is 26.1 Å². The summed E-state index contributed by atoms with van der Waals surface area (Å²) < 4.78 is 5.54. The van der Waals surface area contributed by atoms with Gasteiger partial charge >= 0.3 is 5.97 Å². The van der Waals surface area contributed by atoms with Gasteiger partial charge in [0, 0.05) is 13.1 Å². The monoisotopic (exact) mass is 518 g/mol. The number of esters is 1. The number of rotatable bonds is 8. The number of fused-ring (bicyclic) bond motifs is 1. The Balaban J connectivity index is 1.27. The van der Waals surface area contributed by atoms with Crippen molar-refractivity contribution in [2.75, 3.05) is 4.90 Å². The van der Waals surface area contributed by atoms with Crippen molar-refractivity contribution in [1.82, 2.24) is 4.90 Å². The number of carbonyl (C=O) groups excluding carboxylic acids is 4. The molecule has 0 radical (unpaired) electrons. The van der Waals surface area contributed by atoms with Gasteiger partial charge in [-0.25, -0.2) is 9.69 Å². The van der Waals surface area contributed by atoms with Gasteiger partial charge in [0.1, 0.15) is 0 Å². The molecule has 0 saturated heterocycles. The van der Waals surface area contributed by atoms with E-state index >= 15 is 0 Å². The molecule has 0 fully saturated rings. The van der Waals surface area contributed by atoms with Gasteiger partial charge in [0.25, 0.3) is 17.7 Å². The lowest BCUT2D eigenvalue weighted by Crippen LogP contribution is -2.39. The normalized spacial score (nSPS) is 13.1. The van der Waals surface area contributed by atoms with Crippen molar-refractivity contribution < 1.29 is 23.9 Å². The lowest BCUT2D eigenvalue weighted by molar-refractivity contribution is -0.141. The molecule has 39 heavy (non-hydrogen) atoms. The number of anilines is 1. The van der Waals surface area contributed by atoms with Crippen LogP contribution in [0.4, 0.5) is 5.69 Å². The predicted octanol–water partition coefficient (Wildman–Crippen LogP) is 5.26. The Morgan fingerprint density at radius 3 is 1.64 bits per heavy atom. The fraction of sp³-hybridized carbons (Fsp3) is 0.125. The van der Waals surface area contributed by atoms with Gasteiger partial charge in [0.2, 0.25) is 0 Å². The van der Waals surface area contributed by atoms with Crippen molar-refractivity contribution in [1.29, 1.82) is 0 Å². The molecule has 1 aliphatic rings. The second-order valence-electron chi connectivity index (χ2n) is 9.25. The van der Waals surface area contributed by atoms with Gasteiger partial charge in [-0.15, -0.1) is 0 Å². The van der Waals surface area contributed by atoms with E-state index in [9.17, 15) is 19.2 Å². The Hall–Kier alpha value is -5.04. The minimum Gasteiger partial charge on any atom is -0.449 e. The highest BCUT2D eigenvalue weighted by Gasteiger charge is 2.36. The van der Waals surface area contributed by atoms with Crippen LogP contribution in [0.3, 0.4) is 0 Å². The SMILES string of the molecule is C[C@@H](OC(=O)c1ccc(N2C(=O)c3ccccc3C2=O)cc1)C(=O)N(Cc1ccccc1)Cc1ccccc1. The van der Waals surface area contributed by atoms with E-state index in [-0.39, 0.29) is 11.5 Å². The van der Waals surface area contributed by atoms with E-state index in [2.05, 4.69) is 0 Å². The van der Waals surface area contributed by atoms with Crippen LogP contribution in [0.5, 0.6) is 0 Å². The lowest BCUT2D eigenvalue weighted by atomic mass is 10.1. The van der Waals surface area contributed by atoms with Crippen LogP contribution in [0.2, 0.25) is 0 Å². The summed E-state index contributed by atoms with van der Waals surface area (Å²) in [6.07, 6.45) is -1.03.